The minimum atomic E-state index is 0.0520. The van der Waals surface area contributed by atoms with E-state index in [9.17, 15) is 4.79 Å². The quantitative estimate of drug-likeness (QED) is 0.540. The van der Waals surface area contributed by atoms with Gasteiger partial charge in [-0.05, 0) is 104 Å². The highest BCUT2D eigenvalue weighted by Crippen LogP contribution is 2.46. The molecule has 4 nitrogen and oxygen atoms in total. The van der Waals surface area contributed by atoms with E-state index in [1.54, 1.807) is 0 Å². The number of rotatable bonds is 4. The van der Waals surface area contributed by atoms with Crippen molar-refractivity contribution >= 4 is 5.91 Å². The summed E-state index contributed by atoms with van der Waals surface area (Å²) in [6.07, 6.45) is 7.99. The molecule has 2 aromatic rings. The standard InChI is InChI=1S/C30H42N2O2/c1-21-18-25-26(30(4,5)13-12-29(25,2)3)20-22(21)19-24-8-9-27(34-24)28(33)32-16-10-23(11-17-32)31-14-6-7-15-31/h8-9,18,20,23H,6-7,10-17,19H2,1-5H3. The number of aryl methyl sites for hydroxylation is 1. The molecule has 2 fully saturated rings. The molecule has 1 aromatic carbocycles. The van der Waals surface area contributed by atoms with Crippen LogP contribution in [0.15, 0.2) is 28.7 Å². The van der Waals surface area contributed by atoms with Gasteiger partial charge in [0.1, 0.15) is 5.76 Å². The SMILES string of the molecule is Cc1cc2c(cc1Cc1ccc(C(=O)N3CCC(N4CCCC4)CC3)o1)C(C)(C)CCC2(C)C. The summed E-state index contributed by atoms with van der Waals surface area (Å²) in [7, 11) is 0. The van der Waals surface area contributed by atoms with Crippen LogP contribution in [-0.2, 0) is 17.3 Å². The number of nitrogens with zero attached hydrogens (tertiary/aromatic N) is 2. The lowest BCUT2D eigenvalue weighted by molar-refractivity contribution is 0.0612. The number of benzene rings is 1. The second-order valence-electron chi connectivity index (χ2n) is 12.3. The fourth-order valence-electron chi connectivity index (χ4n) is 6.43. The molecular weight excluding hydrogens is 420 g/mol. The lowest BCUT2D eigenvalue weighted by Gasteiger charge is -2.42. The zero-order valence-corrected chi connectivity index (χ0v) is 21.9. The summed E-state index contributed by atoms with van der Waals surface area (Å²) < 4.78 is 6.12. The van der Waals surface area contributed by atoms with Gasteiger partial charge in [-0.3, -0.25) is 4.79 Å². The molecule has 2 aliphatic heterocycles. The first-order chi connectivity index (χ1) is 16.1. The van der Waals surface area contributed by atoms with Crippen LogP contribution in [0.1, 0.15) is 105 Å². The molecule has 0 bridgehead atoms. The number of furan rings is 1. The molecule has 2 saturated heterocycles. The highest BCUT2D eigenvalue weighted by atomic mass is 16.4. The lowest BCUT2D eigenvalue weighted by atomic mass is 9.62. The number of likely N-dealkylation sites (tertiary alicyclic amines) is 2. The Hall–Kier alpha value is -2.07. The van der Waals surface area contributed by atoms with Crippen LogP contribution in [0.4, 0.5) is 0 Å². The number of carbonyl (C=O) groups excluding carboxylic acids is 1. The van der Waals surface area contributed by atoms with Crippen LogP contribution < -0.4 is 0 Å². The average molecular weight is 463 g/mol. The Balaban J connectivity index is 1.28. The zero-order valence-electron chi connectivity index (χ0n) is 21.9. The molecule has 1 aliphatic carbocycles. The molecule has 0 unspecified atom stereocenters. The first kappa shape index (κ1) is 23.7. The summed E-state index contributed by atoms with van der Waals surface area (Å²) in [5.74, 6) is 1.43. The molecule has 0 spiro atoms. The molecule has 3 heterocycles. The van der Waals surface area contributed by atoms with Crippen LogP contribution in [0.5, 0.6) is 0 Å². The number of piperidine rings is 1. The Labute approximate surface area is 205 Å². The Morgan fingerprint density at radius 1 is 0.941 bits per heavy atom. The molecule has 3 aliphatic rings. The minimum Gasteiger partial charge on any atom is -0.456 e. The number of hydrogen-bond acceptors (Lipinski definition) is 3. The van der Waals surface area contributed by atoms with Crippen LogP contribution in [0.3, 0.4) is 0 Å². The van der Waals surface area contributed by atoms with Crippen molar-refractivity contribution in [3.63, 3.8) is 0 Å². The third-order valence-corrected chi connectivity index (χ3v) is 8.96. The summed E-state index contributed by atoms with van der Waals surface area (Å²) in [6, 6.07) is 9.35. The Kier molecular flexibility index (Phi) is 6.16. The molecule has 4 heteroatoms. The summed E-state index contributed by atoms with van der Waals surface area (Å²) in [5.41, 5.74) is 6.02. The van der Waals surface area contributed by atoms with E-state index in [0.29, 0.717) is 11.8 Å². The van der Waals surface area contributed by atoms with Gasteiger partial charge < -0.3 is 14.2 Å². The molecule has 34 heavy (non-hydrogen) atoms. The van der Waals surface area contributed by atoms with E-state index >= 15 is 0 Å². The van der Waals surface area contributed by atoms with Gasteiger partial charge in [-0.2, -0.15) is 0 Å². The molecule has 1 aromatic heterocycles. The van der Waals surface area contributed by atoms with Crippen molar-refractivity contribution < 1.29 is 9.21 Å². The van der Waals surface area contributed by atoms with Gasteiger partial charge in [-0.1, -0.05) is 39.8 Å². The van der Waals surface area contributed by atoms with Crippen LogP contribution in [0.2, 0.25) is 0 Å². The van der Waals surface area contributed by atoms with Crippen molar-refractivity contribution in [1.82, 2.24) is 9.80 Å². The average Bonchev–Trinajstić information content (AvgIpc) is 3.50. The highest BCUT2D eigenvalue weighted by Gasteiger charge is 2.37. The zero-order chi connectivity index (χ0) is 24.1. The van der Waals surface area contributed by atoms with E-state index in [-0.39, 0.29) is 16.7 Å². The first-order valence-corrected chi connectivity index (χ1v) is 13.4. The van der Waals surface area contributed by atoms with Gasteiger partial charge >= 0.3 is 0 Å². The number of hydrogen-bond donors (Lipinski definition) is 0. The second-order valence-corrected chi connectivity index (χ2v) is 12.3. The molecule has 184 valence electrons. The summed E-state index contributed by atoms with van der Waals surface area (Å²) in [6.45, 7) is 15.8. The van der Waals surface area contributed by atoms with E-state index in [1.807, 2.05) is 17.0 Å². The largest absolute Gasteiger partial charge is 0.456 e. The van der Waals surface area contributed by atoms with Gasteiger partial charge in [-0.25, -0.2) is 0 Å². The molecule has 0 atom stereocenters. The Bertz CT molecular complexity index is 1050. The lowest BCUT2D eigenvalue weighted by Crippen LogP contribution is -2.45. The van der Waals surface area contributed by atoms with Crippen LogP contribution in [0, 0.1) is 6.92 Å². The van der Waals surface area contributed by atoms with Crippen molar-refractivity contribution in [2.75, 3.05) is 26.2 Å². The normalized spacial score (nSPS) is 22.7. The monoisotopic (exact) mass is 462 g/mol. The van der Waals surface area contributed by atoms with Gasteiger partial charge in [0.2, 0.25) is 0 Å². The number of amides is 1. The first-order valence-electron chi connectivity index (χ1n) is 13.4. The third kappa shape index (κ3) is 4.46. The molecule has 0 saturated carbocycles. The maximum absolute atomic E-state index is 13.1. The molecular formula is C30H42N2O2. The van der Waals surface area contributed by atoms with E-state index in [4.69, 9.17) is 4.42 Å². The maximum atomic E-state index is 13.1. The highest BCUT2D eigenvalue weighted by molar-refractivity contribution is 5.91. The van der Waals surface area contributed by atoms with E-state index in [2.05, 4.69) is 51.7 Å². The van der Waals surface area contributed by atoms with E-state index < -0.39 is 0 Å². The summed E-state index contributed by atoms with van der Waals surface area (Å²) in [5, 5.41) is 0. The predicted molar refractivity (Wildman–Crippen MR) is 138 cm³/mol. The van der Waals surface area contributed by atoms with Gasteiger partial charge in [0.05, 0.1) is 0 Å². The molecule has 1 amide bonds. The minimum absolute atomic E-state index is 0.0520. The molecule has 5 rings (SSSR count). The van der Waals surface area contributed by atoms with Crippen molar-refractivity contribution in [2.24, 2.45) is 0 Å². The van der Waals surface area contributed by atoms with Crippen molar-refractivity contribution in [3.05, 3.63) is 58.0 Å². The van der Waals surface area contributed by atoms with Gasteiger partial charge in [0.25, 0.3) is 5.91 Å². The smallest absolute Gasteiger partial charge is 0.289 e. The summed E-state index contributed by atoms with van der Waals surface area (Å²) in [4.78, 5) is 17.7. The Morgan fingerprint density at radius 2 is 1.56 bits per heavy atom. The van der Waals surface area contributed by atoms with Crippen molar-refractivity contribution in [1.29, 1.82) is 0 Å². The van der Waals surface area contributed by atoms with Crippen LogP contribution >= 0.6 is 0 Å². The van der Waals surface area contributed by atoms with Crippen molar-refractivity contribution in [2.45, 2.75) is 96.4 Å². The number of carbonyl (C=O) groups is 1. The van der Waals surface area contributed by atoms with Gasteiger partial charge in [0, 0.05) is 25.6 Å². The Morgan fingerprint density at radius 3 is 2.21 bits per heavy atom. The predicted octanol–water partition coefficient (Wildman–Crippen LogP) is 6.23. The molecule has 0 N–H and O–H groups in total. The fourth-order valence-corrected chi connectivity index (χ4v) is 6.43. The van der Waals surface area contributed by atoms with Crippen LogP contribution in [-0.4, -0.2) is 47.9 Å². The second kappa shape index (κ2) is 8.86. The molecule has 0 radical (unpaired) electrons. The maximum Gasteiger partial charge on any atom is 0.289 e. The fraction of sp³-hybridized carbons (Fsp3) is 0.633. The van der Waals surface area contributed by atoms with Crippen LogP contribution in [0.25, 0.3) is 0 Å². The van der Waals surface area contributed by atoms with Gasteiger partial charge in [0.15, 0.2) is 5.76 Å². The van der Waals surface area contributed by atoms with Crippen molar-refractivity contribution in [3.8, 4) is 0 Å². The summed E-state index contributed by atoms with van der Waals surface area (Å²) >= 11 is 0. The topological polar surface area (TPSA) is 36.7 Å². The third-order valence-electron chi connectivity index (χ3n) is 8.96. The van der Waals surface area contributed by atoms with Gasteiger partial charge in [-0.15, -0.1) is 0 Å². The van der Waals surface area contributed by atoms with E-state index in [0.717, 1.165) is 38.1 Å². The number of fused-ring (bicyclic) bond motifs is 1. The van der Waals surface area contributed by atoms with E-state index in [1.165, 1.54) is 61.0 Å².